The molecule has 14 heavy (non-hydrogen) atoms. The maximum Gasteiger partial charge on any atom is 0.307 e. The molecule has 3 aliphatic rings. The highest BCUT2D eigenvalue weighted by atomic mass is 16.4. The van der Waals surface area contributed by atoms with Crippen molar-refractivity contribution in [1.29, 1.82) is 0 Å². The number of fused-ring (bicyclic) bond motifs is 2. The molecule has 2 nitrogen and oxygen atoms in total. The summed E-state index contributed by atoms with van der Waals surface area (Å²) in [4.78, 5) is 10.9. The molecule has 0 aliphatic heterocycles. The normalized spacial score (nSPS) is 54.9. The molecule has 3 fully saturated rings. The molecule has 2 bridgehead atoms. The van der Waals surface area contributed by atoms with Crippen molar-refractivity contribution in [2.75, 3.05) is 0 Å². The van der Waals surface area contributed by atoms with Crippen LogP contribution in [0.5, 0.6) is 0 Å². The lowest BCUT2D eigenvalue weighted by Gasteiger charge is -2.28. The van der Waals surface area contributed by atoms with Crippen LogP contribution in [-0.2, 0) is 4.79 Å². The van der Waals surface area contributed by atoms with Crippen LogP contribution in [-0.4, -0.2) is 11.1 Å². The Bertz CT molecular complexity index is 286. The molecule has 0 aromatic carbocycles. The van der Waals surface area contributed by atoms with Gasteiger partial charge in [-0.05, 0) is 48.9 Å². The largest absolute Gasteiger partial charge is 0.481 e. The Balaban J connectivity index is 1.76. The first kappa shape index (κ1) is 8.75. The van der Waals surface area contributed by atoms with Gasteiger partial charge in [0.15, 0.2) is 0 Å². The zero-order valence-corrected chi connectivity index (χ0v) is 8.70. The Kier molecular flexibility index (Phi) is 1.58. The van der Waals surface area contributed by atoms with Gasteiger partial charge in [0, 0.05) is 0 Å². The summed E-state index contributed by atoms with van der Waals surface area (Å²) in [6, 6.07) is 0. The van der Waals surface area contributed by atoms with Crippen LogP contribution in [0.1, 0.15) is 39.0 Å². The Labute approximate surface area is 84.7 Å². The van der Waals surface area contributed by atoms with Gasteiger partial charge in [0.05, 0.1) is 5.92 Å². The lowest BCUT2D eigenvalue weighted by Crippen LogP contribution is -2.23. The lowest BCUT2D eigenvalue weighted by atomic mass is 9.77. The van der Waals surface area contributed by atoms with Crippen LogP contribution in [0.3, 0.4) is 0 Å². The Morgan fingerprint density at radius 1 is 1.36 bits per heavy atom. The van der Waals surface area contributed by atoms with E-state index in [1.807, 2.05) is 0 Å². The number of carbonyl (C=O) groups is 1. The van der Waals surface area contributed by atoms with E-state index in [4.69, 9.17) is 5.11 Å². The highest BCUT2D eigenvalue weighted by molar-refractivity contribution is 5.74. The van der Waals surface area contributed by atoms with Crippen LogP contribution in [0.25, 0.3) is 0 Å². The van der Waals surface area contributed by atoms with E-state index in [1.54, 1.807) is 0 Å². The first-order valence-electron chi connectivity index (χ1n) is 5.84. The lowest BCUT2D eigenvalue weighted by molar-refractivity contribution is -0.139. The number of rotatable bonds is 2. The average molecular weight is 194 g/mol. The van der Waals surface area contributed by atoms with Gasteiger partial charge in [0.2, 0.25) is 0 Å². The zero-order valence-electron chi connectivity index (χ0n) is 8.70. The molecule has 3 saturated carbocycles. The van der Waals surface area contributed by atoms with Crippen LogP contribution in [0, 0.1) is 29.1 Å². The molecule has 5 unspecified atom stereocenters. The van der Waals surface area contributed by atoms with E-state index < -0.39 is 5.97 Å². The van der Waals surface area contributed by atoms with E-state index in [1.165, 1.54) is 25.7 Å². The van der Waals surface area contributed by atoms with E-state index in [-0.39, 0.29) is 11.3 Å². The van der Waals surface area contributed by atoms with Gasteiger partial charge in [-0.3, -0.25) is 4.79 Å². The number of carboxylic acid groups (broad SMARTS) is 1. The summed E-state index contributed by atoms with van der Waals surface area (Å²) < 4.78 is 0. The third kappa shape index (κ3) is 0.999. The summed E-state index contributed by atoms with van der Waals surface area (Å²) in [5.41, 5.74) is 0.172. The summed E-state index contributed by atoms with van der Waals surface area (Å²) in [6.45, 7) is 2.21. The van der Waals surface area contributed by atoms with Gasteiger partial charge >= 0.3 is 5.97 Å². The van der Waals surface area contributed by atoms with E-state index in [2.05, 4.69) is 6.92 Å². The number of carboxylic acids is 1. The molecule has 0 spiro atoms. The Morgan fingerprint density at radius 2 is 2.14 bits per heavy atom. The molecule has 0 radical (unpaired) electrons. The quantitative estimate of drug-likeness (QED) is 0.733. The highest BCUT2D eigenvalue weighted by Gasteiger charge is 2.63. The molecule has 5 atom stereocenters. The minimum atomic E-state index is -0.560. The summed E-state index contributed by atoms with van der Waals surface area (Å²) in [6.07, 6.45) is 6.44. The molecule has 1 N–H and O–H groups in total. The van der Waals surface area contributed by atoms with Crippen LogP contribution < -0.4 is 0 Å². The topological polar surface area (TPSA) is 37.3 Å². The fourth-order valence-electron chi connectivity index (χ4n) is 4.21. The number of hydrogen-bond acceptors (Lipinski definition) is 1. The third-order valence-electron chi connectivity index (χ3n) is 5.16. The van der Waals surface area contributed by atoms with Crippen molar-refractivity contribution in [2.24, 2.45) is 29.1 Å². The second-order valence-corrected chi connectivity index (χ2v) is 5.88. The smallest absolute Gasteiger partial charge is 0.307 e. The number of hydrogen-bond donors (Lipinski definition) is 1. The molecule has 2 heteroatoms. The van der Waals surface area contributed by atoms with Crippen molar-refractivity contribution >= 4 is 5.97 Å². The highest BCUT2D eigenvalue weighted by Crippen LogP contribution is 2.66. The summed E-state index contributed by atoms with van der Waals surface area (Å²) in [5.74, 6) is 1.97. The molecule has 3 rings (SSSR count). The Hall–Kier alpha value is -0.530. The molecule has 0 amide bonds. The summed E-state index contributed by atoms with van der Waals surface area (Å²) >= 11 is 0. The first-order valence-corrected chi connectivity index (χ1v) is 5.84. The van der Waals surface area contributed by atoms with Gasteiger partial charge in [0.25, 0.3) is 0 Å². The second kappa shape index (κ2) is 2.53. The van der Waals surface area contributed by atoms with E-state index in [9.17, 15) is 4.79 Å². The molecule has 0 aromatic heterocycles. The van der Waals surface area contributed by atoms with Gasteiger partial charge in [-0.1, -0.05) is 13.3 Å². The van der Waals surface area contributed by atoms with Gasteiger partial charge in [-0.15, -0.1) is 0 Å². The van der Waals surface area contributed by atoms with Crippen LogP contribution in [0.15, 0.2) is 0 Å². The van der Waals surface area contributed by atoms with Crippen molar-refractivity contribution in [3.8, 4) is 0 Å². The van der Waals surface area contributed by atoms with Gasteiger partial charge in [-0.2, -0.15) is 0 Å². The fourth-order valence-corrected chi connectivity index (χ4v) is 4.21. The van der Waals surface area contributed by atoms with Crippen molar-refractivity contribution in [1.82, 2.24) is 0 Å². The minimum Gasteiger partial charge on any atom is -0.481 e. The standard InChI is InChI=1S/C12H18O2/c1-12(6-10(12)11(13)14)9-5-7-2-3-8(9)4-7/h7-10H,2-6H2,1H3,(H,13,14). The van der Waals surface area contributed by atoms with Gasteiger partial charge < -0.3 is 5.11 Å². The van der Waals surface area contributed by atoms with Crippen LogP contribution >= 0.6 is 0 Å². The molecule has 78 valence electrons. The molecular weight excluding hydrogens is 176 g/mol. The van der Waals surface area contributed by atoms with E-state index >= 15 is 0 Å². The van der Waals surface area contributed by atoms with Crippen LogP contribution in [0.2, 0.25) is 0 Å². The maximum absolute atomic E-state index is 10.9. The molecule has 0 aromatic rings. The van der Waals surface area contributed by atoms with Crippen molar-refractivity contribution in [2.45, 2.75) is 39.0 Å². The predicted molar refractivity (Wildman–Crippen MR) is 52.8 cm³/mol. The predicted octanol–water partition coefficient (Wildman–Crippen LogP) is 2.53. The van der Waals surface area contributed by atoms with E-state index in [0.717, 1.165) is 24.2 Å². The Morgan fingerprint density at radius 3 is 2.57 bits per heavy atom. The van der Waals surface area contributed by atoms with E-state index in [0.29, 0.717) is 0 Å². The van der Waals surface area contributed by atoms with Crippen molar-refractivity contribution in [3.05, 3.63) is 0 Å². The van der Waals surface area contributed by atoms with Gasteiger partial charge in [-0.25, -0.2) is 0 Å². The minimum absolute atomic E-state index is 0.0214. The second-order valence-electron chi connectivity index (χ2n) is 5.88. The molecule has 3 aliphatic carbocycles. The fraction of sp³-hybridized carbons (Fsp3) is 0.917. The summed E-state index contributed by atoms with van der Waals surface area (Å²) in [7, 11) is 0. The first-order chi connectivity index (χ1) is 6.61. The number of aliphatic carboxylic acids is 1. The van der Waals surface area contributed by atoms with Crippen molar-refractivity contribution < 1.29 is 9.90 Å². The molecule has 0 heterocycles. The van der Waals surface area contributed by atoms with Gasteiger partial charge in [0.1, 0.15) is 0 Å². The van der Waals surface area contributed by atoms with Crippen molar-refractivity contribution in [3.63, 3.8) is 0 Å². The molecular formula is C12H18O2. The maximum atomic E-state index is 10.9. The monoisotopic (exact) mass is 194 g/mol. The SMILES string of the molecule is CC1(C2CC3CCC2C3)CC1C(=O)O. The molecule has 0 saturated heterocycles. The average Bonchev–Trinajstić information content (AvgIpc) is 2.57. The van der Waals surface area contributed by atoms with Crippen LogP contribution in [0.4, 0.5) is 0 Å². The zero-order chi connectivity index (χ0) is 9.92. The third-order valence-corrected chi connectivity index (χ3v) is 5.16. The summed E-state index contributed by atoms with van der Waals surface area (Å²) in [5, 5.41) is 9.02.